The second-order valence-corrected chi connectivity index (χ2v) is 1.34. The van der Waals surface area contributed by atoms with Gasteiger partial charge in [0.15, 0.2) is 6.79 Å². The molecule has 0 unspecified atom stereocenters. The Bertz CT molecular complexity index is 43.7. The first-order valence-electron chi connectivity index (χ1n) is 2.55. The van der Waals surface area contributed by atoms with Gasteiger partial charge in [0.2, 0.25) is 0 Å². The van der Waals surface area contributed by atoms with E-state index in [4.69, 9.17) is 9.47 Å². The lowest BCUT2D eigenvalue weighted by Crippen LogP contribution is -2.04. The molecule has 0 bridgehead atoms. The second-order valence-electron chi connectivity index (χ2n) is 1.34. The van der Waals surface area contributed by atoms with Gasteiger partial charge in [-0.25, -0.2) is 0 Å². The van der Waals surface area contributed by atoms with Crippen LogP contribution in [0.1, 0.15) is 14.9 Å². The van der Waals surface area contributed by atoms with Gasteiger partial charge in [0.05, 0.1) is 0 Å². The molecule has 0 saturated carbocycles. The third-order valence-electron chi connectivity index (χ3n) is 0.569. The Morgan fingerprint density at radius 1 is 0.727 bits per heavy atom. The van der Waals surface area contributed by atoms with E-state index in [1.165, 1.54) is 0 Å². The molecule has 72 valence electrons. The largest absolute Gasteiger partial charge is 0.359 e. The van der Waals surface area contributed by atoms with Crippen molar-refractivity contribution in [1.29, 1.82) is 0 Å². The van der Waals surface area contributed by atoms with Crippen LogP contribution < -0.4 is 0 Å². The minimum absolute atomic E-state index is 0. The lowest BCUT2D eigenvalue weighted by atomic mass is 11.3. The van der Waals surface area contributed by atoms with Crippen LogP contribution in [0, 0.1) is 0 Å². The van der Waals surface area contributed by atoms with Gasteiger partial charge in [-0.2, -0.15) is 0 Å². The second kappa shape index (κ2) is 16.4. The zero-order valence-corrected chi connectivity index (χ0v) is 5.75. The highest BCUT2D eigenvalue weighted by Crippen LogP contribution is 1.77. The molecule has 0 aromatic heterocycles. The number of hydrogen-bond donors (Lipinski definition) is 0. The molecule has 0 aliphatic carbocycles. The van der Waals surface area contributed by atoms with E-state index in [-0.39, 0.29) is 35.2 Å². The van der Waals surface area contributed by atoms with Gasteiger partial charge in [0.1, 0.15) is 13.6 Å². The predicted octanol–water partition coefficient (Wildman–Crippen LogP) is 1.46. The quantitative estimate of drug-likeness (QED) is 0.444. The zero-order valence-electron chi connectivity index (χ0n) is 5.75. The van der Waals surface area contributed by atoms with E-state index in [9.17, 15) is 0 Å². The maximum Gasteiger partial charge on any atom is 0.152 e. The molecule has 0 atom stereocenters. The molecule has 0 fully saturated rings. The monoisotopic (exact) mass is 168 g/mol. The van der Waals surface area contributed by atoms with E-state index in [1.807, 2.05) is 0 Å². The molecule has 11 heavy (non-hydrogen) atoms. The summed E-state index contributed by atoms with van der Waals surface area (Å²) in [5, 5.41) is 0. The molecule has 0 aromatic carbocycles. The Balaban J connectivity index is -0.000000320. The average molecular weight is 168 g/mol. The van der Waals surface area contributed by atoms with Crippen molar-refractivity contribution in [2.24, 2.45) is 0 Å². The Morgan fingerprint density at radius 3 is 1.36 bits per heavy atom. The Morgan fingerprint density at radius 2 is 1.09 bits per heavy atom. The summed E-state index contributed by atoms with van der Waals surface area (Å²) in [6.07, 6.45) is 0. The molecule has 0 aliphatic heterocycles. The lowest BCUT2D eigenvalue weighted by Gasteiger charge is -2.01. The Hall–Kier alpha value is -0.160. The fourth-order valence-electron chi connectivity index (χ4n) is 0.294. The third-order valence-corrected chi connectivity index (χ3v) is 0.569. The van der Waals surface area contributed by atoms with Crippen molar-refractivity contribution in [3.63, 3.8) is 0 Å². The van der Waals surface area contributed by atoms with E-state index in [0.717, 1.165) is 0 Å². The topological polar surface area (TPSA) is 36.9 Å². The lowest BCUT2D eigenvalue weighted by molar-refractivity contribution is -0.157. The van der Waals surface area contributed by atoms with E-state index >= 15 is 0 Å². The van der Waals surface area contributed by atoms with Crippen LogP contribution in [0.4, 0.5) is 0 Å². The fourth-order valence-corrected chi connectivity index (χ4v) is 0.294. The van der Waals surface area contributed by atoms with Crippen molar-refractivity contribution in [2.45, 2.75) is 14.9 Å². The van der Waals surface area contributed by atoms with Crippen molar-refractivity contribution < 1.29 is 18.9 Å². The maximum atomic E-state index is 4.76. The van der Waals surface area contributed by atoms with Crippen molar-refractivity contribution in [2.75, 3.05) is 34.6 Å². The molecular weight excluding hydrogens is 148 g/mol. The average Bonchev–Trinajstić information content (AvgIpc) is 1.89. The fraction of sp³-hybridized carbons (Fsp3) is 1.00. The van der Waals surface area contributed by atoms with Gasteiger partial charge in [-0.15, -0.1) is 0 Å². The highest BCUT2D eigenvalue weighted by molar-refractivity contribution is 4.00. The molecule has 4 nitrogen and oxygen atoms in total. The van der Waals surface area contributed by atoms with E-state index in [1.54, 1.807) is 14.2 Å². The predicted molar refractivity (Wildman–Crippen MR) is 44.3 cm³/mol. The summed E-state index contributed by atoms with van der Waals surface area (Å²) in [5.41, 5.74) is 0. The van der Waals surface area contributed by atoms with Crippen molar-refractivity contribution in [3.05, 3.63) is 0 Å². The van der Waals surface area contributed by atoms with Crippen LogP contribution in [0.3, 0.4) is 0 Å². The first kappa shape index (κ1) is 17.1. The van der Waals surface area contributed by atoms with Gasteiger partial charge in [-0.05, 0) is 0 Å². The van der Waals surface area contributed by atoms with Crippen molar-refractivity contribution in [3.8, 4) is 0 Å². The highest BCUT2D eigenvalue weighted by Gasteiger charge is 1.82. The van der Waals surface area contributed by atoms with Crippen molar-refractivity contribution >= 4 is 0 Å². The Kier molecular flexibility index (Phi) is 25.5. The van der Waals surface area contributed by atoms with E-state index < -0.39 is 0 Å². The summed E-state index contributed by atoms with van der Waals surface area (Å²) >= 11 is 0. The third kappa shape index (κ3) is 17.7. The number of hydrogen-bond acceptors (Lipinski definition) is 4. The van der Waals surface area contributed by atoms with Gasteiger partial charge in [-0.1, -0.05) is 14.9 Å². The summed E-state index contributed by atoms with van der Waals surface area (Å²) in [4.78, 5) is 0. The molecule has 0 aromatic rings. The summed E-state index contributed by atoms with van der Waals surface area (Å²) in [6.45, 7) is 0.717. The highest BCUT2D eigenvalue weighted by atomic mass is 16.8. The van der Waals surface area contributed by atoms with Gasteiger partial charge < -0.3 is 18.9 Å². The summed E-state index contributed by atoms with van der Waals surface area (Å²) in [5.74, 6) is 0. The van der Waals surface area contributed by atoms with Gasteiger partial charge in [0, 0.05) is 14.2 Å². The van der Waals surface area contributed by atoms with Crippen LogP contribution in [0.5, 0.6) is 0 Å². The molecule has 0 saturated heterocycles. The summed E-state index contributed by atoms with van der Waals surface area (Å²) in [6, 6.07) is 0. The minimum atomic E-state index is 0. The van der Waals surface area contributed by atoms with E-state index in [0.29, 0.717) is 0 Å². The first-order chi connectivity index (χ1) is 4.41. The number of methoxy groups -OCH3 is 2. The van der Waals surface area contributed by atoms with Crippen LogP contribution in [0.15, 0.2) is 0 Å². The van der Waals surface area contributed by atoms with E-state index in [2.05, 4.69) is 9.47 Å². The van der Waals surface area contributed by atoms with Crippen LogP contribution in [-0.4, -0.2) is 34.6 Å². The van der Waals surface area contributed by atoms with Crippen LogP contribution in [0.2, 0.25) is 0 Å². The Labute approximate surface area is 69.4 Å². The normalized spacial score (nSPS) is 8.18. The molecule has 4 heteroatoms. The number of ether oxygens (including phenoxy) is 4. The molecule has 0 radical (unpaired) electrons. The van der Waals surface area contributed by atoms with Gasteiger partial charge >= 0.3 is 0 Å². The molecule has 0 aliphatic rings. The standard InChI is InChI=1S/C5H12O4.2CH4/c1-6-3-8-5-9-4-7-2;;/h3-5H2,1-2H3;2*1H4. The van der Waals surface area contributed by atoms with Crippen LogP contribution >= 0.6 is 0 Å². The van der Waals surface area contributed by atoms with Crippen molar-refractivity contribution in [1.82, 2.24) is 0 Å². The SMILES string of the molecule is C.C.COCOCOCOC. The summed E-state index contributed by atoms with van der Waals surface area (Å²) in [7, 11) is 3.10. The number of rotatable bonds is 6. The molecular formula is C7H20O4. The minimum Gasteiger partial charge on any atom is -0.359 e. The zero-order chi connectivity index (χ0) is 6.95. The van der Waals surface area contributed by atoms with Crippen LogP contribution in [0.25, 0.3) is 0 Å². The maximum absolute atomic E-state index is 4.76. The molecule has 0 amide bonds. The van der Waals surface area contributed by atoms with Crippen LogP contribution in [-0.2, 0) is 18.9 Å². The molecule has 0 spiro atoms. The van der Waals surface area contributed by atoms with Gasteiger partial charge in [0.25, 0.3) is 0 Å². The summed E-state index contributed by atoms with van der Waals surface area (Å²) < 4.78 is 18.7. The first-order valence-corrected chi connectivity index (χ1v) is 2.55. The molecule has 0 heterocycles. The smallest absolute Gasteiger partial charge is 0.152 e. The molecule has 0 N–H and O–H groups in total. The molecule has 0 rings (SSSR count). The van der Waals surface area contributed by atoms with Gasteiger partial charge in [-0.3, -0.25) is 0 Å².